The summed E-state index contributed by atoms with van der Waals surface area (Å²) in [7, 11) is 1.54. The van der Waals surface area contributed by atoms with Crippen molar-refractivity contribution >= 4 is 64.2 Å². The standard InChI is InChI=1S/C26H23Cl3N2O3S/c1-3-15-4-7-18(8-5-15)30-26-31-25(32)23(35-26)13-17-11-21(29)24(22(12-17)33-2)34-14-16-6-9-19(27)20(28)10-16/h4-13,26,30H,3,14H2,1-2H3,(H,31,32)/b23-13-/t26-/m1/s1. The summed E-state index contributed by atoms with van der Waals surface area (Å²) < 4.78 is 11.4. The molecule has 1 aliphatic heterocycles. The fourth-order valence-electron chi connectivity index (χ4n) is 3.45. The minimum atomic E-state index is -0.271. The van der Waals surface area contributed by atoms with Gasteiger partial charge in [0.2, 0.25) is 0 Å². The van der Waals surface area contributed by atoms with Gasteiger partial charge in [-0.2, -0.15) is 0 Å². The SMILES string of the molecule is CCc1ccc(N[C@@H]2NC(=O)/C(=C/c3cc(Cl)c(OCc4ccc(Cl)c(Cl)c4)c(OC)c3)S2)cc1. The van der Waals surface area contributed by atoms with E-state index in [1.807, 2.05) is 18.2 Å². The van der Waals surface area contributed by atoms with Crippen LogP contribution in [0.3, 0.4) is 0 Å². The molecule has 1 heterocycles. The molecular weight excluding hydrogens is 527 g/mol. The normalized spacial score (nSPS) is 16.3. The minimum Gasteiger partial charge on any atom is -0.493 e. The van der Waals surface area contributed by atoms with E-state index in [0.717, 1.165) is 23.2 Å². The molecule has 35 heavy (non-hydrogen) atoms. The molecule has 0 saturated carbocycles. The summed E-state index contributed by atoms with van der Waals surface area (Å²) in [6.45, 7) is 2.35. The maximum absolute atomic E-state index is 12.5. The molecular formula is C26H23Cl3N2O3S. The van der Waals surface area contributed by atoms with Crippen LogP contribution >= 0.6 is 46.6 Å². The van der Waals surface area contributed by atoms with Gasteiger partial charge in [0.15, 0.2) is 17.0 Å². The average Bonchev–Trinajstić information content (AvgIpc) is 3.18. The topological polar surface area (TPSA) is 59.6 Å². The van der Waals surface area contributed by atoms with Crippen molar-refractivity contribution in [3.8, 4) is 11.5 Å². The van der Waals surface area contributed by atoms with E-state index in [-0.39, 0.29) is 18.0 Å². The van der Waals surface area contributed by atoms with Gasteiger partial charge < -0.3 is 20.1 Å². The van der Waals surface area contributed by atoms with Crippen LogP contribution in [-0.4, -0.2) is 18.5 Å². The number of thioether (sulfide) groups is 1. The largest absolute Gasteiger partial charge is 0.493 e. The third kappa shape index (κ3) is 6.39. The Morgan fingerprint density at radius 2 is 1.74 bits per heavy atom. The molecule has 3 aromatic carbocycles. The Hall–Kier alpha value is -2.51. The highest BCUT2D eigenvalue weighted by Gasteiger charge is 2.27. The smallest absolute Gasteiger partial charge is 0.260 e. The van der Waals surface area contributed by atoms with Crippen molar-refractivity contribution in [2.45, 2.75) is 25.4 Å². The van der Waals surface area contributed by atoms with Crippen molar-refractivity contribution in [2.24, 2.45) is 0 Å². The van der Waals surface area contributed by atoms with Crippen LogP contribution < -0.4 is 20.1 Å². The van der Waals surface area contributed by atoms with Crippen LogP contribution in [0.5, 0.6) is 11.5 Å². The molecule has 3 aromatic rings. The molecule has 4 rings (SSSR count). The summed E-state index contributed by atoms with van der Waals surface area (Å²) in [6.07, 6.45) is 2.76. The molecule has 0 aromatic heterocycles. The number of rotatable bonds is 8. The average molecular weight is 550 g/mol. The van der Waals surface area contributed by atoms with Gasteiger partial charge in [0.05, 0.1) is 27.1 Å². The molecule has 1 atom stereocenters. The van der Waals surface area contributed by atoms with Gasteiger partial charge in [-0.05, 0) is 65.6 Å². The Kier molecular flexibility index (Phi) is 8.39. The van der Waals surface area contributed by atoms with Gasteiger partial charge in [-0.25, -0.2) is 0 Å². The predicted octanol–water partition coefficient (Wildman–Crippen LogP) is 7.40. The van der Waals surface area contributed by atoms with Gasteiger partial charge in [-0.1, -0.05) is 71.7 Å². The number of aryl methyl sites for hydroxylation is 1. The zero-order valence-electron chi connectivity index (χ0n) is 19.0. The predicted molar refractivity (Wildman–Crippen MR) is 146 cm³/mol. The number of hydrogen-bond acceptors (Lipinski definition) is 5. The molecule has 1 aliphatic rings. The van der Waals surface area contributed by atoms with Crippen LogP contribution in [0, 0.1) is 0 Å². The monoisotopic (exact) mass is 548 g/mol. The maximum atomic E-state index is 12.5. The van der Waals surface area contributed by atoms with Crippen LogP contribution in [0.4, 0.5) is 5.69 Å². The van der Waals surface area contributed by atoms with Gasteiger partial charge >= 0.3 is 0 Å². The first-order valence-corrected chi connectivity index (χ1v) is 12.9. The Bertz CT molecular complexity index is 1270. The second kappa shape index (κ2) is 11.5. The summed E-state index contributed by atoms with van der Waals surface area (Å²) in [5.74, 6) is 0.701. The quantitative estimate of drug-likeness (QED) is 0.287. The molecule has 9 heteroatoms. The van der Waals surface area contributed by atoms with Gasteiger partial charge in [0.1, 0.15) is 6.61 Å². The number of nitrogens with one attached hydrogen (secondary N) is 2. The molecule has 0 unspecified atom stereocenters. The number of methoxy groups -OCH3 is 1. The van der Waals surface area contributed by atoms with E-state index in [9.17, 15) is 4.79 Å². The van der Waals surface area contributed by atoms with Crippen LogP contribution in [0.15, 0.2) is 59.5 Å². The second-order valence-corrected chi connectivity index (χ2v) is 10.1. The Balaban J connectivity index is 1.47. The molecule has 0 spiro atoms. The van der Waals surface area contributed by atoms with Gasteiger partial charge in [0.25, 0.3) is 5.91 Å². The Morgan fingerprint density at radius 1 is 1.00 bits per heavy atom. The highest BCUT2D eigenvalue weighted by Crippen LogP contribution is 2.39. The van der Waals surface area contributed by atoms with Crippen LogP contribution in [0.2, 0.25) is 15.1 Å². The van der Waals surface area contributed by atoms with Crippen molar-refractivity contribution in [1.82, 2.24) is 5.32 Å². The molecule has 1 fully saturated rings. The van der Waals surface area contributed by atoms with Crippen molar-refractivity contribution in [3.05, 3.63) is 91.3 Å². The van der Waals surface area contributed by atoms with Crippen molar-refractivity contribution in [1.29, 1.82) is 0 Å². The highest BCUT2D eigenvalue weighted by atomic mass is 35.5. The molecule has 5 nitrogen and oxygen atoms in total. The maximum Gasteiger partial charge on any atom is 0.260 e. The molecule has 0 bridgehead atoms. The zero-order valence-corrected chi connectivity index (χ0v) is 22.1. The number of carbonyl (C=O) groups is 1. The van der Waals surface area contributed by atoms with Gasteiger partial charge in [-0.3, -0.25) is 4.79 Å². The van der Waals surface area contributed by atoms with E-state index in [1.54, 1.807) is 30.3 Å². The van der Waals surface area contributed by atoms with E-state index in [0.29, 0.717) is 31.5 Å². The van der Waals surface area contributed by atoms with Crippen LogP contribution in [0.1, 0.15) is 23.6 Å². The van der Waals surface area contributed by atoms with Gasteiger partial charge in [-0.15, -0.1) is 0 Å². The van der Waals surface area contributed by atoms with Crippen molar-refractivity contribution < 1.29 is 14.3 Å². The van der Waals surface area contributed by atoms with Crippen LogP contribution in [0.25, 0.3) is 6.08 Å². The lowest BCUT2D eigenvalue weighted by Crippen LogP contribution is -2.30. The lowest BCUT2D eigenvalue weighted by molar-refractivity contribution is -0.116. The Labute approximate surface area is 223 Å². The second-order valence-electron chi connectivity index (χ2n) is 7.75. The first-order chi connectivity index (χ1) is 16.9. The highest BCUT2D eigenvalue weighted by molar-refractivity contribution is 8.05. The lowest BCUT2D eigenvalue weighted by atomic mass is 10.1. The van der Waals surface area contributed by atoms with Crippen molar-refractivity contribution in [2.75, 3.05) is 12.4 Å². The van der Waals surface area contributed by atoms with E-state index in [2.05, 4.69) is 29.7 Å². The summed E-state index contributed by atoms with van der Waals surface area (Å²) >= 11 is 20.0. The van der Waals surface area contributed by atoms with E-state index in [4.69, 9.17) is 44.3 Å². The van der Waals surface area contributed by atoms with Gasteiger partial charge in [0, 0.05) is 5.69 Å². The number of benzene rings is 3. The third-order valence-corrected chi connectivity index (χ3v) is 7.36. The molecule has 0 radical (unpaired) electrons. The minimum absolute atomic E-state index is 0.160. The molecule has 1 saturated heterocycles. The molecule has 2 N–H and O–H groups in total. The number of anilines is 1. The lowest BCUT2D eigenvalue weighted by Gasteiger charge is -2.14. The van der Waals surface area contributed by atoms with E-state index in [1.165, 1.54) is 24.4 Å². The number of hydrogen-bond donors (Lipinski definition) is 2. The summed E-state index contributed by atoms with van der Waals surface area (Å²) in [6, 6.07) is 16.9. The summed E-state index contributed by atoms with van der Waals surface area (Å²) in [5, 5.41) is 7.55. The zero-order chi connectivity index (χ0) is 24.9. The first kappa shape index (κ1) is 25.6. The number of ether oxygens (including phenoxy) is 2. The fraction of sp³-hybridized carbons (Fsp3) is 0.192. The summed E-state index contributed by atoms with van der Waals surface area (Å²) in [5.41, 5.74) is 3.49. The first-order valence-electron chi connectivity index (χ1n) is 10.8. The number of halogens is 3. The number of amides is 1. The number of carbonyl (C=O) groups excluding carboxylic acids is 1. The fourth-order valence-corrected chi connectivity index (χ4v) is 5.03. The van der Waals surface area contributed by atoms with E-state index < -0.39 is 0 Å². The van der Waals surface area contributed by atoms with Crippen LogP contribution in [-0.2, 0) is 17.8 Å². The molecule has 182 valence electrons. The van der Waals surface area contributed by atoms with Crippen molar-refractivity contribution in [3.63, 3.8) is 0 Å². The molecule has 0 aliphatic carbocycles. The summed E-state index contributed by atoms with van der Waals surface area (Å²) in [4.78, 5) is 13.1. The Morgan fingerprint density at radius 3 is 2.43 bits per heavy atom. The third-order valence-electron chi connectivity index (χ3n) is 5.31. The van der Waals surface area contributed by atoms with E-state index >= 15 is 0 Å². The molecule has 1 amide bonds.